The van der Waals surface area contributed by atoms with Gasteiger partial charge in [0.05, 0.1) is 26.0 Å². The molecule has 136 valence electrons. The van der Waals surface area contributed by atoms with Gasteiger partial charge in [0, 0.05) is 29.9 Å². The van der Waals surface area contributed by atoms with Crippen molar-refractivity contribution in [3.63, 3.8) is 0 Å². The van der Waals surface area contributed by atoms with Crippen LogP contribution in [0.4, 0.5) is 11.4 Å². The molecule has 2 aromatic rings. The summed E-state index contributed by atoms with van der Waals surface area (Å²) in [6.45, 7) is 3.07. The van der Waals surface area contributed by atoms with E-state index in [4.69, 9.17) is 21.1 Å². The quantitative estimate of drug-likeness (QED) is 0.810. The molecule has 0 unspecified atom stereocenters. The minimum absolute atomic E-state index is 0.225. The Kier molecular flexibility index (Phi) is 6.15. The second-order valence-electron chi connectivity index (χ2n) is 5.86. The molecule has 1 aliphatic rings. The molecule has 0 aromatic heterocycles. The van der Waals surface area contributed by atoms with E-state index in [0.717, 1.165) is 24.3 Å². The van der Waals surface area contributed by atoms with Crippen LogP contribution >= 0.6 is 11.6 Å². The van der Waals surface area contributed by atoms with Gasteiger partial charge >= 0.3 is 0 Å². The highest BCUT2D eigenvalue weighted by atomic mass is 35.5. The average molecular weight is 373 g/mol. The summed E-state index contributed by atoms with van der Waals surface area (Å²) < 4.78 is 10.8. The van der Waals surface area contributed by atoms with E-state index in [2.05, 4.69) is 10.2 Å². The minimum Gasteiger partial charge on any atom is -0.495 e. The lowest BCUT2D eigenvalue weighted by Crippen LogP contribution is -2.36. The molecule has 1 aliphatic heterocycles. The molecule has 2 aromatic carbocycles. The summed E-state index contributed by atoms with van der Waals surface area (Å²) in [7, 11) is 1.59. The van der Waals surface area contributed by atoms with Gasteiger partial charge in [-0.3, -0.25) is 4.79 Å². The number of carbonyl (C=O) groups is 1. The van der Waals surface area contributed by atoms with Crippen molar-refractivity contribution >= 4 is 35.0 Å². The highest BCUT2D eigenvalue weighted by Gasteiger charge is 2.14. The molecule has 3 rings (SSSR count). The fourth-order valence-electron chi connectivity index (χ4n) is 2.73. The highest BCUT2D eigenvalue weighted by Crippen LogP contribution is 2.30. The van der Waals surface area contributed by atoms with Gasteiger partial charge in [-0.2, -0.15) is 0 Å². The number of hydrogen-bond donors (Lipinski definition) is 1. The van der Waals surface area contributed by atoms with Crippen LogP contribution in [0.1, 0.15) is 5.56 Å². The number of morpholine rings is 1. The van der Waals surface area contributed by atoms with Crippen molar-refractivity contribution < 1.29 is 14.3 Å². The van der Waals surface area contributed by atoms with E-state index in [1.54, 1.807) is 25.3 Å². The summed E-state index contributed by atoms with van der Waals surface area (Å²) in [5.74, 6) is 0.396. The number of amides is 1. The number of hydrogen-bond acceptors (Lipinski definition) is 4. The Morgan fingerprint density at radius 2 is 1.92 bits per heavy atom. The van der Waals surface area contributed by atoms with Gasteiger partial charge in [0.25, 0.3) is 0 Å². The van der Waals surface area contributed by atoms with Crippen molar-refractivity contribution in [1.29, 1.82) is 0 Å². The molecule has 26 heavy (non-hydrogen) atoms. The van der Waals surface area contributed by atoms with E-state index in [1.807, 2.05) is 30.3 Å². The lowest BCUT2D eigenvalue weighted by molar-refractivity contribution is -0.111. The van der Waals surface area contributed by atoms with Crippen molar-refractivity contribution in [3.05, 3.63) is 59.1 Å². The van der Waals surface area contributed by atoms with E-state index in [0.29, 0.717) is 29.7 Å². The topological polar surface area (TPSA) is 50.8 Å². The molecule has 0 atom stereocenters. The number of methoxy groups -OCH3 is 1. The normalized spacial score (nSPS) is 14.5. The first-order chi connectivity index (χ1) is 12.7. The van der Waals surface area contributed by atoms with E-state index in [9.17, 15) is 4.79 Å². The van der Waals surface area contributed by atoms with Gasteiger partial charge < -0.3 is 19.7 Å². The number of halogens is 1. The Labute approximate surface area is 158 Å². The maximum atomic E-state index is 12.3. The van der Waals surface area contributed by atoms with Crippen molar-refractivity contribution in [2.45, 2.75) is 0 Å². The molecular weight excluding hydrogens is 352 g/mol. The summed E-state index contributed by atoms with van der Waals surface area (Å²) >= 11 is 5.86. The standard InChI is InChI=1S/C20H21ClN2O3/c1-25-19-8-7-17(23-10-12-26-13-11-23)14-18(19)22-20(24)9-4-15-2-5-16(21)6-3-15/h2-9,14H,10-13H2,1H3,(H,22,24). The van der Waals surface area contributed by atoms with Gasteiger partial charge in [0.2, 0.25) is 5.91 Å². The van der Waals surface area contributed by atoms with Crippen LogP contribution in [0.15, 0.2) is 48.5 Å². The molecule has 1 amide bonds. The first kappa shape index (κ1) is 18.3. The highest BCUT2D eigenvalue weighted by molar-refractivity contribution is 6.30. The summed E-state index contributed by atoms with van der Waals surface area (Å²) in [5, 5.41) is 3.55. The van der Waals surface area contributed by atoms with E-state index in [1.165, 1.54) is 6.08 Å². The van der Waals surface area contributed by atoms with Crippen LogP contribution < -0.4 is 15.0 Å². The number of carbonyl (C=O) groups excluding carboxylic acids is 1. The molecule has 0 bridgehead atoms. The molecule has 0 aliphatic carbocycles. The van der Waals surface area contributed by atoms with Crippen LogP contribution in [0.3, 0.4) is 0 Å². The number of anilines is 2. The van der Waals surface area contributed by atoms with Crippen LogP contribution in [-0.2, 0) is 9.53 Å². The molecule has 1 saturated heterocycles. The maximum Gasteiger partial charge on any atom is 0.248 e. The molecule has 0 saturated carbocycles. The zero-order valence-corrected chi connectivity index (χ0v) is 15.3. The van der Waals surface area contributed by atoms with Gasteiger partial charge in [-0.25, -0.2) is 0 Å². The fourth-order valence-corrected chi connectivity index (χ4v) is 2.86. The number of rotatable bonds is 5. The van der Waals surface area contributed by atoms with Gasteiger partial charge in [-0.15, -0.1) is 0 Å². The third-order valence-electron chi connectivity index (χ3n) is 4.11. The van der Waals surface area contributed by atoms with Crippen LogP contribution in [0.2, 0.25) is 5.02 Å². The summed E-state index contributed by atoms with van der Waals surface area (Å²) in [6, 6.07) is 13.1. The second kappa shape index (κ2) is 8.74. The molecule has 1 fully saturated rings. The third-order valence-corrected chi connectivity index (χ3v) is 4.37. The van der Waals surface area contributed by atoms with E-state index >= 15 is 0 Å². The van der Waals surface area contributed by atoms with E-state index < -0.39 is 0 Å². The van der Waals surface area contributed by atoms with Crippen molar-refractivity contribution in [2.75, 3.05) is 43.6 Å². The number of nitrogens with one attached hydrogen (secondary N) is 1. The Hall–Kier alpha value is -2.50. The number of benzene rings is 2. The molecular formula is C20H21ClN2O3. The van der Waals surface area contributed by atoms with Crippen molar-refractivity contribution in [1.82, 2.24) is 0 Å². The molecule has 1 heterocycles. The largest absolute Gasteiger partial charge is 0.495 e. The predicted octanol–water partition coefficient (Wildman–Crippen LogP) is 3.84. The average Bonchev–Trinajstić information content (AvgIpc) is 2.68. The van der Waals surface area contributed by atoms with Crippen LogP contribution in [0.25, 0.3) is 6.08 Å². The lowest BCUT2D eigenvalue weighted by Gasteiger charge is -2.29. The minimum atomic E-state index is -0.225. The zero-order chi connectivity index (χ0) is 18.4. The third kappa shape index (κ3) is 4.77. The number of nitrogens with zero attached hydrogens (tertiary/aromatic N) is 1. The Bertz CT molecular complexity index is 784. The van der Waals surface area contributed by atoms with Crippen LogP contribution in [0.5, 0.6) is 5.75 Å². The monoisotopic (exact) mass is 372 g/mol. The van der Waals surface area contributed by atoms with Gasteiger partial charge in [0.15, 0.2) is 0 Å². The Morgan fingerprint density at radius 3 is 2.62 bits per heavy atom. The number of ether oxygens (including phenoxy) is 2. The van der Waals surface area contributed by atoms with E-state index in [-0.39, 0.29) is 5.91 Å². The molecule has 5 nitrogen and oxygen atoms in total. The summed E-state index contributed by atoms with van der Waals surface area (Å²) in [4.78, 5) is 14.5. The van der Waals surface area contributed by atoms with Crippen molar-refractivity contribution in [2.24, 2.45) is 0 Å². The summed E-state index contributed by atoms with van der Waals surface area (Å²) in [5.41, 5.74) is 2.58. The SMILES string of the molecule is COc1ccc(N2CCOCC2)cc1NC(=O)C=Cc1ccc(Cl)cc1. The molecule has 1 N–H and O–H groups in total. The predicted molar refractivity (Wildman–Crippen MR) is 105 cm³/mol. The molecule has 6 heteroatoms. The van der Waals surface area contributed by atoms with Crippen molar-refractivity contribution in [3.8, 4) is 5.75 Å². The lowest BCUT2D eigenvalue weighted by atomic mass is 10.2. The smallest absolute Gasteiger partial charge is 0.248 e. The van der Waals surface area contributed by atoms with Gasteiger partial charge in [0.1, 0.15) is 5.75 Å². The first-order valence-corrected chi connectivity index (χ1v) is 8.79. The van der Waals surface area contributed by atoms with Crippen LogP contribution in [0, 0.1) is 0 Å². The molecule has 0 radical (unpaired) electrons. The first-order valence-electron chi connectivity index (χ1n) is 8.41. The zero-order valence-electron chi connectivity index (χ0n) is 14.6. The Balaban J connectivity index is 1.72. The Morgan fingerprint density at radius 1 is 1.19 bits per heavy atom. The molecule has 0 spiro atoms. The maximum absolute atomic E-state index is 12.3. The second-order valence-corrected chi connectivity index (χ2v) is 6.29. The van der Waals surface area contributed by atoms with Gasteiger partial charge in [-0.05, 0) is 42.0 Å². The van der Waals surface area contributed by atoms with Gasteiger partial charge in [-0.1, -0.05) is 23.7 Å². The summed E-state index contributed by atoms with van der Waals surface area (Å²) in [6.07, 6.45) is 3.23. The van der Waals surface area contributed by atoms with Crippen LogP contribution in [-0.4, -0.2) is 39.3 Å². The fraction of sp³-hybridized carbons (Fsp3) is 0.250.